The van der Waals surface area contributed by atoms with E-state index in [1.165, 1.54) is 11.3 Å². The average molecular weight is 276 g/mol. The number of anilines is 1. The molecule has 1 aromatic carbocycles. The number of nitrogens with zero attached hydrogens (tertiary/aromatic N) is 2. The Hall–Kier alpha value is -1.02. The van der Waals surface area contributed by atoms with Crippen LogP contribution in [0.2, 0.25) is 0 Å². The molecule has 0 spiro atoms. The highest BCUT2D eigenvalue weighted by Crippen LogP contribution is 2.22. The summed E-state index contributed by atoms with van der Waals surface area (Å²) in [6.07, 6.45) is 1.10. The Kier molecular flexibility index (Phi) is 6.54. The van der Waals surface area contributed by atoms with Crippen LogP contribution in [0.15, 0.2) is 24.3 Å². The standard InChI is InChI=1S/C18H32N2/c1-7-19(8-2)17-13-11-16(12-14-17)15-18(5,6)20(9-3)10-4/h11-14H,7-10,15H2,1-6H3. The van der Waals surface area contributed by atoms with Gasteiger partial charge in [0.15, 0.2) is 0 Å². The highest BCUT2D eigenvalue weighted by Gasteiger charge is 2.24. The Bertz CT molecular complexity index is 373. The number of benzene rings is 1. The van der Waals surface area contributed by atoms with Crippen molar-refractivity contribution in [2.75, 3.05) is 31.1 Å². The second kappa shape index (κ2) is 7.68. The third kappa shape index (κ3) is 4.24. The first-order valence-corrected chi connectivity index (χ1v) is 8.07. The van der Waals surface area contributed by atoms with Crippen LogP contribution in [0.4, 0.5) is 5.69 Å². The lowest BCUT2D eigenvalue weighted by Gasteiger charge is -2.37. The normalized spacial score (nSPS) is 11.9. The molecule has 0 bridgehead atoms. The zero-order valence-electron chi connectivity index (χ0n) is 14.2. The van der Waals surface area contributed by atoms with E-state index in [4.69, 9.17) is 0 Å². The van der Waals surface area contributed by atoms with E-state index in [1.807, 2.05) is 0 Å². The Labute approximate surface area is 125 Å². The fourth-order valence-electron chi connectivity index (χ4n) is 3.10. The first-order chi connectivity index (χ1) is 9.48. The third-order valence-electron chi connectivity index (χ3n) is 4.32. The van der Waals surface area contributed by atoms with Crippen LogP contribution >= 0.6 is 0 Å². The Morgan fingerprint density at radius 2 is 1.30 bits per heavy atom. The van der Waals surface area contributed by atoms with Gasteiger partial charge in [0.2, 0.25) is 0 Å². The molecule has 0 atom stereocenters. The van der Waals surface area contributed by atoms with Crippen LogP contribution in [0.25, 0.3) is 0 Å². The molecule has 0 unspecified atom stereocenters. The van der Waals surface area contributed by atoms with Gasteiger partial charge in [-0.3, -0.25) is 4.90 Å². The lowest BCUT2D eigenvalue weighted by atomic mass is 9.92. The molecule has 114 valence electrons. The molecule has 0 heterocycles. The number of rotatable bonds is 8. The SMILES string of the molecule is CCN(CC)c1ccc(CC(C)(C)N(CC)CC)cc1. The molecule has 0 saturated heterocycles. The van der Waals surface area contributed by atoms with Crippen LogP contribution in [0.1, 0.15) is 47.1 Å². The minimum atomic E-state index is 0.222. The van der Waals surface area contributed by atoms with Crippen molar-refractivity contribution < 1.29 is 0 Å². The van der Waals surface area contributed by atoms with Gasteiger partial charge in [-0.05, 0) is 64.9 Å². The molecule has 0 aliphatic carbocycles. The molecular formula is C18H32N2. The van der Waals surface area contributed by atoms with E-state index in [1.54, 1.807) is 0 Å². The van der Waals surface area contributed by atoms with E-state index in [2.05, 4.69) is 75.6 Å². The average Bonchev–Trinajstić information content (AvgIpc) is 2.42. The first kappa shape index (κ1) is 17.0. The Morgan fingerprint density at radius 1 is 0.800 bits per heavy atom. The van der Waals surface area contributed by atoms with Gasteiger partial charge in [0.25, 0.3) is 0 Å². The number of likely N-dealkylation sites (N-methyl/N-ethyl adjacent to an activating group) is 1. The molecule has 0 radical (unpaired) electrons. The zero-order chi connectivity index (χ0) is 15.2. The summed E-state index contributed by atoms with van der Waals surface area (Å²) in [6, 6.07) is 9.11. The molecule has 1 aromatic rings. The smallest absolute Gasteiger partial charge is 0.0366 e. The van der Waals surface area contributed by atoms with Crippen molar-refractivity contribution >= 4 is 5.69 Å². The van der Waals surface area contributed by atoms with Crippen LogP contribution < -0.4 is 4.90 Å². The Balaban J connectivity index is 2.79. The molecule has 0 N–H and O–H groups in total. The molecule has 20 heavy (non-hydrogen) atoms. The molecule has 2 nitrogen and oxygen atoms in total. The lowest BCUT2D eigenvalue weighted by Crippen LogP contribution is -2.45. The van der Waals surface area contributed by atoms with Crippen LogP contribution in [-0.4, -0.2) is 36.6 Å². The van der Waals surface area contributed by atoms with Crippen molar-refractivity contribution in [2.45, 2.75) is 53.5 Å². The zero-order valence-corrected chi connectivity index (χ0v) is 14.2. The van der Waals surface area contributed by atoms with Crippen LogP contribution in [-0.2, 0) is 6.42 Å². The summed E-state index contributed by atoms with van der Waals surface area (Å²) in [6.45, 7) is 18.0. The highest BCUT2D eigenvalue weighted by molar-refractivity contribution is 5.47. The summed E-state index contributed by atoms with van der Waals surface area (Å²) in [5.41, 5.74) is 2.98. The van der Waals surface area contributed by atoms with E-state index in [9.17, 15) is 0 Å². The second-order valence-electron chi connectivity index (χ2n) is 6.00. The fourth-order valence-corrected chi connectivity index (χ4v) is 3.10. The molecular weight excluding hydrogens is 244 g/mol. The van der Waals surface area contributed by atoms with Gasteiger partial charge in [-0.1, -0.05) is 26.0 Å². The molecule has 0 fully saturated rings. The molecule has 2 heteroatoms. The number of hydrogen-bond donors (Lipinski definition) is 0. The topological polar surface area (TPSA) is 6.48 Å². The van der Waals surface area contributed by atoms with Crippen molar-refractivity contribution in [3.05, 3.63) is 29.8 Å². The van der Waals surface area contributed by atoms with Crippen molar-refractivity contribution in [1.29, 1.82) is 0 Å². The van der Waals surface area contributed by atoms with E-state index >= 15 is 0 Å². The third-order valence-corrected chi connectivity index (χ3v) is 4.32. The summed E-state index contributed by atoms with van der Waals surface area (Å²) in [4.78, 5) is 4.92. The largest absolute Gasteiger partial charge is 0.372 e. The van der Waals surface area contributed by atoms with Gasteiger partial charge in [-0.25, -0.2) is 0 Å². The van der Waals surface area contributed by atoms with Gasteiger partial charge in [-0.15, -0.1) is 0 Å². The van der Waals surface area contributed by atoms with Crippen molar-refractivity contribution in [1.82, 2.24) is 4.90 Å². The molecule has 0 aromatic heterocycles. The molecule has 0 aliphatic rings. The van der Waals surface area contributed by atoms with E-state index in [0.717, 1.165) is 32.6 Å². The molecule has 0 aliphatic heterocycles. The van der Waals surface area contributed by atoms with Crippen LogP contribution in [0.5, 0.6) is 0 Å². The predicted octanol–water partition coefficient (Wildman–Crippen LogP) is 4.20. The van der Waals surface area contributed by atoms with Gasteiger partial charge in [-0.2, -0.15) is 0 Å². The van der Waals surface area contributed by atoms with Gasteiger partial charge < -0.3 is 4.90 Å². The van der Waals surface area contributed by atoms with E-state index in [-0.39, 0.29) is 5.54 Å². The van der Waals surface area contributed by atoms with E-state index < -0.39 is 0 Å². The quantitative estimate of drug-likeness (QED) is 0.702. The maximum absolute atomic E-state index is 2.53. The van der Waals surface area contributed by atoms with Crippen LogP contribution in [0, 0.1) is 0 Å². The van der Waals surface area contributed by atoms with Gasteiger partial charge in [0.1, 0.15) is 0 Å². The predicted molar refractivity (Wildman–Crippen MR) is 90.7 cm³/mol. The lowest BCUT2D eigenvalue weighted by molar-refractivity contribution is 0.135. The second-order valence-corrected chi connectivity index (χ2v) is 6.00. The summed E-state index contributed by atoms with van der Waals surface area (Å²) in [5.74, 6) is 0. The minimum Gasteiger partial charge on any atom is -0.372 e. The van der Waals surface area contributed by atoms with Gasteiger partial charge in [0.05, 0.1) is 0 Å². The summed E-state index contributed by atoms with van der Waals surface area (Å²) in [5, 5.41) is 0. The van der Waals surface area contributed by atoms with Crippen molar-refractivity contribution in [2.24, 2.45) is 0 Å². The summed E-state index contributed by atoms with van der Waals surface area (Å²) < 4.78 is 0. The first-order valence-electron chi connectivity index (χ1n) is 8.07. The molecule has 0 saturated carbocycles. The maximum Gasteiger partial charge on any atom is 0.0366 e. The maximum atomic E-state index is 2.53. The van der Waals surface area contributed by atoms with Crippen LogP contribution in [0.3, 0.4) is 0 Å². The minimum absolute atomic E-state index is 0.222. The van der Waals surface area contributed by atoms with E-state index in [0.29, 0.717) is 0 Å². The highest BCUT2D eigenvalue weighted by atomic mass is 15.2. The van der Waals surface area contributed by atoms with Crippen molar-refractivity contribution in [3.63, 3.8) is 0 Å². The molecule has 0 amide bonds. The number of hydrogen-bond acceptors (Lipinski definition) is 2. The van der Waals surface area contributed by atoms with Gasteiger partial charge in [0, 0.05) is 24.3 Å². The Morgan fingerprint density at radius 3 is 1.70 bits per heavy atom. The summed E-state index contributed by atoms with van der Waals surface area (Å²) in [7, 11) is 0. The summed E-state index contributed by atoms with van der Waals surface area (Å²) >= 11 is 0. The van der Waals surface area contributed by atoms with Gasteiger partial charge >= 0.3 is 0 Å². The van der Waals surface area contributed by atoms with Crippen molar-refractivity contribution in [3.8, 4) is 0 Å². The fraction of sp³-hybridized carbons (Fsp3) is 0.667. The molecule has 1 rings (SSSR count). The monoisotopic (exact) mass is 276 g/mol.